The Hall–Kier alpha value is -2.43. The molecule has 3 fully saturated rings. The number of pyridine rings is 1. The molecule has 2 bridgehead atoms. The molecule has 1 aromatic carbocycles. The summed E-state index contributed by atoms with van der Waals surface area (Å²) in [5.41, 5.74) is 3.61. The second-order valence-corrected chi connectivity index (χ2v) is 7.60. The molecule has 4 heterocycles. The number of piperidine rings is 1. The fourth-order valence-corrected chi connectivity index (χ4v) is 4.30. The summed E-state index contributed by atoms with van der Waals surface area (Å²) in [4.78, 5) is 34.2. The third kappa shape index (κ3) is 2.75. The monoisotopic (exact) mass is 351 g/mol. The Balaban J connectivity index is 1.75. The van der Waals surface area contributed by atoms with Gasteiger partial charge in [-0.05, 0) is 49.9 Å². The van der Waals surface area contributed by atoms with Crippen LogP contribution in [0.4, 0.5) is 0 Å². The van der Waals surface area contributed by atoms with E-state index in [9.17, 15) is 9.59 Å². The minimum absolute atomic E-state index is 0.0220. The lowest BCUT2D eigenvalue weighted by molar-refractivity contribution is -0.138. The van der Waals surface area contributed by atoms with Crippen molar-refractivity contribution in [1.82, 2.24) is 14.8 Å². The summed E-state index contributed by atoms with van der Waals surface area (Å²) in [7, 11) is 1.87. The van der Waals surface area contributed by atoms with Gasteiger partial charge in [-0.2, -0.15) is 0 Å². The number of nitrogens with zero attached hydrogens (tertiary/aromatic N) is 3. The Morgan fingerprint density at radius 1 is 1.23 bits per heavy atom. The predicted octanol–water partition coefficient (Wildman–Crippen LogP) is 2.80. The van der Waals surface area contributed by atoms with Crippen molar-refractivity contribution in [3.05, 3.63) is 41.1 Å². The average molecular weight is 351 g/mol. The van der Waals surface area contributed by atoms with Crippen LogP contribution in [0.5, 0.6) is 0 Å². The molecule has 3 aliphatic rings. The third-order valence-electron chi connectivity index (χ3n) is 5.89. The molecule has 5 rings (SSSR count). The van der Waals surface area contributed by atoms with Crippen LogP contribution in [0.25, 0.3) is 10.9 Å². The molecule has 5 nitrogen and oxygen atoms in total. The first-order valence-corrected chi connectivity index (χ1v) is 9.44. The Labute approximate surface area is 154 Å². The number of amides is 2. The topological polar surface area (TPSA) is 53.5 Å². The summed E-state index contributed by atoms with van der Waals surface area (Å²) in [6.07, 6.45) is 2.78. The Morgan fingerprint density at radius 2 is 2.04 bits per heavy atom. The smallest absolute Gasteiger partial charge is 0.254 e. The van der Waals surface area contributed by atoms with E-state index in [0.29, 0.717) is 18.7 Å². The zero-order chi connectivity index (χ0) is 18.4. The normalized spacial score (nSPS) is 22.8. The maximum absolute atomic E-state index is 13.4. The molecule has 2 aromatic rings. The van der Waals surface area contributed by atoms with Gasteiger partial charge in [-0.1, -0.05) is 13.0 Å². The molecule has 0 saturated carbocycles. The highest BCUT2D eigenvalue weighted by atomic mass is 16.2. The zero-order valence-corrected chi connectivity index (χ0v) is 15.7. The van der Waals surface area contributed by atoms with Gasteiger partial charge < -0.3 is 9.80 Å². The van der Waals surface area contributed by atoms with Crippen molar-refractivity contribution in [1.29, 1.82) is 0 Å². The standard InChI is InChI=1S/C21H25N3O2/c1-4-14-5-8-19-17(10-14)18(9-13(2)22-19)21(26)24-11-15-6-7-16(12-24)23(3)20(15)25/h5,8-10,15-16H,4,6-7,11-12H2,1-3H3/t15-,16+/m0/s1. The number of hydrogen-bond acceptors (Lipinski definition) is 3. The molecule has 5 heteroatoms. The lowest BCUT2D eigenvalue weighted by Gasteiger charge is -2.32. The number of carbonyl (C=O) groups is 2. The largest absolute Gasteiger partial charge is 0.341 e. The first-order valence-electron chi connectivity index (χ1n) is 9.44. The molecule has 136 valence electrons. The molecule has 1 aromatic heterocycles. The summed E-state index contributed by atoms with van der Waals surface area (Å²) < 4.78 is 0. The average Bonchev–Trinajstić information content (AvgIpc) is 2.93. The van der Waals surface area contributed by atoms with Crippen molar-refractivity contribution in [2.75, 3.05) is 20.1 Å². The summed E-state index contributed by atoms with van der Waals surface area (Å²) in [5.74, 6) is 0.137. The van der Waals surface area contributed by atoms with Crippen LogP contribution in [-0.4, -0.2) is 52.8 Å². The van der Waals surface area contributed by atoms with E-state index in [1.165, 1.54) is 5.56 Å². The molecule has 26 heavy (non-hydrogen) atoms. The van der Waals surface area contributed by atoms with E-state index in [4.69, 9.17) is 0 Å². The summed E-state index contributed by atoms with van der Waals surface area (Å²) in [6, 6.07) is 8.18. The van der Waals surface area contributed by atoms with E-state index >= 15 is 0 Å². The van der Waals surface area contributed by atoms with E-state index in [-0.39, 0.29) is 23.8 Å². The summed E-state index contributed by atoms with van der Waals surface area (Å²) in [5, 5.41) is 0.913. The number of fused-ring (bicyclic) bond motifs is 5. The number of aromatic nitrogens is 1. The number of carbonyl (C=O) groups excluding carboxylic acids is 2. The maximum atomic E-state index is 13.4. The van der Waals surface area contributed by atoms with Gasteiger partial charge in [-0.25, -0.2) is 0 Å². The lowest BCUT2D eigenvalue weighted by Crippen LogP contribution is -2.45. The van der Waals surface area contributed by atoms with E-state index in [0.717, 1.165) is 35.9 Å². The Bertz CT molecular complexity index is 892. The highest BCUT2D eigenvalue weighted by Gasteiger charge is 2.40. The molecule has 0 aliphatic carbocycles. The van der Waals surface area contributed by atoms with Crippen molar-refractivity contribution < 1.29 is 9.59 Å². The fraction of sp³-hybridized carbons (Fsp3) is 0.476. The van der Waals surface area contributed by atoms with Gasteiger partial charge >= 0.3 is 0 Å². The number of hydrogen-bond donors (Lipinski definition) is 0. The van der Waals surface area contributed by atoms with E-state index in [2.05, 4.69) is 24.0 Å². The maximum Gasteiger partial charge on any atom is 0.254 e. The molecule has 2 amide bonds. The van der Waals surface area contributed by atoms with Crippen molar-refractivity contribution >= 4 is 22.7 Å². The highest BCUT2D eigenvalue weighted by molar-refractivity contribution is 6.06. The van der Waals surface area contributed by atoms with Crippen LogP contribution >= 0.6 is 0 Å². The van der Waals surface area contributed by atoms with Crippen LogP contribution in [0.15, 0.2) is 24.3 Å². The third-order valence-corrected chi connectivity index (χ3v) is 5.89. The van der Waals surface area contributed by atoms with Crippen molar-refractivity contribution in [3.8, 4) is 0 Å². The fourth-order valence-electron chi connectivity index (χ4n) is 4.30. The molecule has 3 saturated heterocycles. The molecule has 0 unspecified atom stereocenters. The lowest BCUT2D eigenvalue weighted by atomic mass is 9.95. The van der Waals surface area contributed by atoms with Gasteiger partial charge in [-0.3, -0.25) is 14.6 Å². The van der Waals surface area contributed by atoms with E-state index in [1.54, 1.807) is 0 Å². The van der Waals surface area contributed by atoms with Crippen LogP contribution in [0.1, 0.15) is 41.4 Å². The van der Waals surface area contributed by atoms with Crippen LogP contribution in [0.3, 0.4) is 0 Å². The van der Waals surface area contributed by atoms with Gasteiger partial charge in [0.2, 0.25) is 5.91 Å². The minimum Gasteiger partial charge on any atom is -0.341 e. The minimum atomic E-state index is -0.0666. The number of benzene rings is 1. The van der Waals surface area contributed by atoms with Gasteiger partial charge in [0.15, 0.2) is 0 Å². The van der Waals surface area contributed by atoms with Gasteiger partial charge in [-0.15, -0.1) is 0 Å². The summed E-state index contributed by atoms with van der Waals surface area (Å²) >= 11 is 0. The Morgan fingerprint density at radius 3 is 2.81 bits per heavy atom. The van der Waals surface area contributed by atoms with Crippen LogP contribution in [-0.2, 0) is 11.2 Å². The van der Waals surface area contributed by atoms with Crippen molar-refractivity contribution in [2.45, 2.75) is 39.2 Å². The SMILES string of the molecule is CCc1ccc2nc(C)cc(C(=O)N3C[C@@H]4CC[C@H](C3)N(C)C4=O)c2c1. The van der Waals surface area contributed by atoms with Gasteiger partial charge in [0.05, 0.1) is 17.0 Å². The molecule has 0 spiro atoms. The first-order chi connectivity index (χ1) is 12.5. The Kier molecular flexibility index (Phi) is 4.17. The highest BCUT2D eigenvalue weighted by Crippen LogP contribution is 2.30. The van der Waals surface area contributed by atoms with E-state index in [1.807, 2.05) is 35.9 Å². The molecular formula is C21H25N3O2. The number of likely N-dealkylation sites (N-methyl/N-ethyl adjacent to an activating group) is 1. The van der Waals surface area contributed by atoms with E-state index < -0.39 is 0 Å². The molecule has 0 N–H and O–H groups in total. The molecule has 0 radical (unpaired) electrons. The number of rotatable bonds is 2. The zero-order valence-electron chi connectivity index (χ0n) is 15.7. The van der Waals surface area contributed by atoms with Gasteiger partial charge in [0.1, 0.15) is 0 Å². The molecule has 2 atom stereocenters. The predicted molar refractivity (Wildman–Crippen MR) is 101 cm³/mol. The van der Waals surface area contributed by atoms with Gasteiger partial charge in [0.25, 0.3) is 5.91 Å². The second-order valence-electron chi connectivity index (χ2n) is 7.60. The molecular weight excluding hydrogens is 326 g/mol. The second kappa shape index (κ2) is 6.38. The van der Waals surface area contributed by atoms with Gasteiger partial charge in [0, 0.05) is 37.3 Å². The first kappa shape index (κ1) is 17.0. The van der Waals surface area contributed by atoms with Crippen LogP contribution in [0.2, 0.25) is 0 Å². The number of aryl methyl sites for hydroxylation is 2. The quantitative estimate of drug-likeness (QED) is 0.836. The van der Waals surface area contributed by atoms with Crippen molar-refractivity contribution in [2.24, 2.45) is 5.92 Å². The van der Waals surface area contributed by atoms with Crippen molar-refractivity contribution in [3.63, 3.8) is 0 Å². The van der Waals surface area contributed by atoms with Crippen LogP contribution in [0, 0.1) is 12.8 Å². The summed E-state index contributed by atoms with van der Waals surface area (Å²) in [6.45, 7) is 5.17. The van der Waals surface area contributed by atoms with Crippen LogP contribution < -0.4 is 0 Å². The molecule has 3 aliphatic heterocycles.